The van der Waals surface area contributed by atoms with Gasteiger partial charge in [0.05, 0.1) is 30.3 Å². The van der Waals surface area contributed by atoms with Crippen molar-refractivity contribution < 1.29 is 19.2 Å². The molecule has 1 N–H and O–H groups in total. The number of methoxy groups -OCH3 is 1. The number of ketones is 1. The molecule has 2 heterocycles. The van der Waals surface area contributed by atoms with Gasteiger partial charge in [0.25, 0.3) is 0 Å². The van der Waals surface area contributed by atoms with Crippen LogP contribution in [0.1, 0.15) is 36.1 Å². The van der Waals surface area contributed by atoms with Crippen molar-refractivity contribution in [3.05, 3.63) is 106 Å². The molecule has 0 aromatic heterocycles. The van der Waals surface area contributed by atoms with Gasteiger partial charge in [-0.2, -0.15) is 4.58 Å². The number of anilines is 1. The molecular weight excluding hydrogens is 472 g/mol. The first-order chi connectivity index (χ1) is 18.1. The van der Waals surface area contributed by atoms with Crippen LogP contribution in [0.4, 0.5) is 11.4 Å². The third-order valence-corrected chi connectivity index (χ3v) is 8.45. The van der Waals surface area contributed by atoms with Crippen LogP contribution >= 0.6 is 0 Å². The minimum atomic E-state index is -0.883. The molecule has 38 heavy (non-hydrogen) atoms. The number of hydrogen-bond acceptors (Lipinski definition) is 4. The second-order valence-corrected chi connectivity index (χ2v) is 11.0. The summed E-state index contributed by atoms with van der Waals surface area (Å²) < 4.78 is 7.60. The van der Waals surface area contributed by atoms with E-state index in [1.165, 1.54) is 0 Å². The number of benzene rings is 3. The standard InChI is InChI=1S/C33H33N2O3/c1-19-12-14-25-22(16-19)28(30(35(25)5)20-10-8-7-9-11-20)29-31(36)23(32(29)37)18-27-33(2,3)24-17-21(38-6)13-15-26(24)34(27)4/h7-18,23,31,36H,1-6H3/q+1. The van der Waals surface area contributed by atoms with Crippen molar-refractivity contribution in [3.63, 3.8) is 0 Å². The molecule has 2 aliphatic heterocycles. The van der Waals surface area contributed by atoms with Crippen LogP contribution in [0, 0.1) is 12.8 Å². The van der Waals surface area contributed by atoms with E-state index in [2.05, 4.69) is 72.7 Å². The summed E-state index contributed by atoms with van der Waals surface area (Å²) in [6.45, 7) is 6.36. The van der Waals surface area contributed by atoms with Crippen LogP contribution in [0.3, 0.4) is 0 Å². The monoisotopic (exact) mass is 505 g/mol. The van der Waals surface area contributed by atoms with E-state index in [4.69, 9.17) is 4.74 Å². The van der Waals surface area contributed by atoms with E-state index in [1.807, 2.05) is 44.4 Å². The number of ether oxygens (including phenoxy) is 1. The van der Waals surface area contributed by atoms with Crippen molar-refractivity contribution in [2.45, 2.75) is 32.3 Å². The summed E-state index contributed by atoms with van der Waals surface area (Å²) in [5, 5.41) is 11.6. The highest BCUT2D eigenvalue weighted by molar-refractivity contribution is 6.37. The highest BCUT2D eigenvalue weighted by atomic mass is 16.5. The van der Waals surface area contributed by atoms with E-state index in [1.54, 1.807) is 7.11 Å². The molecule has 3 aromatic rings. The van der Waals surface area contributed by atoms with Crippen LogP contribution in [0.2, 0.25) is 0 Å². The number of likely N-dealkylation sites (N-methyl/N-ethyl adjacent to an activating group) is 1. The van der Waals surface area contributed by atoms with Crippen LogP contribution in [0.15, 0.2) is 84.1 Å². The van der Waals surface area contributed by atoms with Crippen LogP contribution < -0.4 is 9.64 Å². The average molecular weight is 506 g/mol. The molecule has 0 radical (unpaired) electrons. The van der Waals surface area contributed by atoms with Crippen LogP contribution in [-0.2, 0) is 10.2 Å². The van der Waals surface area contributed by atoms with Gasteiger partial charge in [0.2, 0.25) is 11.4 Å². The second kappa shape index (κ2) is 8.53. The summed E-state index contributed by atoms with van der Waals surface area (Å²) in [6, 6.07) is 22.5. The molecule has 5 heteroatoms. The summed E-state index contributed by atoms with van der Waals surface area (Å²) >= 11 is 0. The number of carbonyl (C=O) groups is 1. The molecule has 3 aliphatic rings. The maximum absolute atomic E-state index is 13.9. The highest BCUT2D eigenvalue weighted by Crippen LogP contribution is 2.50. The van der Waals surface area contributed by atoms with Gasteiger partial charge in [-0.05, 0) is 48.9 Å². The maximum Gasteiger partial charge on any atom is 0.221 e. The first-order valence-electron chi connectivity index (χ1n) is 13.0. The molecular formula is C33H33N2O3+. The molecule has 2 atom stereocenters. The molecule has 1 saturated carbocycles. The Morgan fingerprint density at radius 1 is 1.05 bits per heavy atom. The van der Waals surface area contributed by atoms with E-state index in [-0.39, 0.29) is 11.2 Å². The number of Topliss-reactive ketones (excluding diaryl/α,β-unsaturated/α-hetero) is 1. The lowest BCUT2D eigenvalue weighted by molar-refractivity contribution is -0.400. The van der Waals surface area contributed by atoms with E-state index >= 15 is 0 Å². The zero-order chi connectivity index (χ0) is 26.9. The summed E-state index contributed by atoms with van der Waals surface area (Å²) in [5.41, 5.74) is 9.39. The number of fused-ring (bicyclic) bond motifs is 2. The first-order valence-corrected chi connectivity index (χ1v) is 13.0. The fourth-order valence-electron chi connectivity index (χ4n) is 6.37. The Kier molecular flexibility index (Phi) is 5.48. The number of allylic oxidation sites excluding steroid dienone is 2. The summed E-state index contributed by atoms with van der Waals surface area (Å²) in [5.74, 6) is 0.192. The quantitative estimate of drug-likeness (QED) is 0.382. The Morgan fingerprint density at radius 3 is 2.47 bits per heavy atom. The predicted octanol–water partition coefficient (Wildman–Crippen LogP) is 5.41. The van der Waals surface area contributed by atoms with Crippen molar-refractivity contribution in [2.24, 2.45) is 5.92 Å². The molecule has 1 fully saturated rings. The third kappa shape index (κ3) is 3.35. The van der Waals surface area contributed by atoms with Crippen molar-refractivity contribution >= 4 is 28.4 Å². The van der Waals surface area contributed by atoms with E-state index in [0.717, 1.165) is 56.4 Å². The van der Waals surface area contributed by atoms with Crippen LogP contribution in [-0.4, -0.2) is 48.5 Å². The smallest absolute Gasteiger partial charge is 0.221 e. The third-order valence-electron chi connectivity index (χ3n) is 8.45. The fraction of sp³-hybridized carbons (Fsp3) is 0.273. The van der Waals surface area contributed by atoms with E-state index in [0.29, 0.717) is 5.57 Å². The van der Waals surface area contributed by atoms with Crippen molar-refractivity contribution in [2.75, 3.05) is 26.1 Å². The first kappa shape index (κ1) is 24.4. The zero-order valence-corrected chi connectivity index (χ0v) is 22.7. The predicted molar refractivity (Wildman–Crippen MR) is 152 cm³/mol. The molecule has 6 rings (SSSR count). The van der Waals surface area contributed by atoms with Crippen LogP contribution in [0.25, 0.3) is 5.57 Å². The number of carbonyl (C=O) groups excluding carboxylic acids is 1. The van der Waals surface area contributed by atoms with Gasteiger partial charge in [0.1, 0.15) is 12.8 Å². The molecule has 3 aromatic carbocycles. The van der Waals surface area contributed by atoms with Crippen molar-refractivity contribution in [3.8, 4) is 5.75 Å². The van der Waals surface area contributed by atoms with Gasteiger partial charge in [-0.25, -0.2) is 0 Å². The molecule has 5 nitrogen and oxygen atoms in total. The number of aliphatic hydroxyl groups is 1. The minimum Gasteiger partial charge on any atom is -0.497 e. The number of aryl methyl sites for hydroxylation is 1. The average Bonchev–Trinajstić information content (AvgIpc) is 3.29. The molecule has 1 aliphatic carbocycles. The normalized spacial score (nSPS) is 24.6. The summed E-state index contributed by atoms with van der Waals surface area (Å²) in [7, 11) is 5.72. The molecule has 0 amide bonds. The number of aliphatic hydroxyl groups excluding tert-OH is 1. The topological polar surface area (TPSA) is 52.8 Å². The van der Waals surface area contributed by atoms with Gasteiger partial charge in [-0.15, -0.1) is 0 Å². The Bertz CT molecular complexity index is 1590. The Morgan fingerprint density at radius 2 is 1.79 bits per heavy atom. The molecule has 0 spiro atoms. The highest BCUT2D eigenvalue weighted by Gasteiger charge is 2.51. The summed E-state index contributed by atoms with van der Waals surface area (Å²) in [4.78, 5) is 16.0. The van der Waals surface area contributed by atoms with E-state index < -0.39 is 12.0 Å². The van der Waals surface area contributed by atoms with E-state index in [9.17, 15) is 9.90 Å². The molecule has 192 valence electrons. The minimum absolute atomic E-state index is 0.0195. The molecule has 0 saturated heterocycles. The SMILES string of the molecule is COc1ccc2c(c1)C(C)(C)C(=CC1C(=O)C(=C3C(c4ccccc4)=[N+](C)c4ccc(C)cc43)C1O)N2C. The molecule has 0 bridgehead atoms. The number of rotatable bonds is 3. The molecule has 2 unspecified atom stereocenters. The maximum atomic E-state index is 13.9. The van der Waals surface area contributed by atoms with Gasteiger partial charge in [0.15, 0.2) is 5.78 Å². The lowest BCUT2D eigenvalue weighted by Gasteiger charge is -2.35. The number of nitrogens with zero attached hydrogens (tertiary/aromatic N) is 2. The fourth-order valence-corrected chi connectivity index (χ4v) is 6.37. The van der Waals surface area contributed by atoms with Crippen molar-refractivity contribution in [1.29, 1.82) is 0 Å². The van der Waals surface area contributed by atoms with Crippen molar-refractivity contribution in [1.82, 2.24) is 0 Å². The Labute approximate surface area is 224 Å². The Balaban J connectivity index is 1.45. The van der Waals surface area contributed by atoms with Gasteiger partial charge < -0.3 is 14.7 Å². The van der Waals surface area contributed by atoms with Gasteiger partial charge in [-0.1, -0.05) is 49.8 Å². The Hall–Kier alpha value is -3.96. The zero-order valence-electron chi connectivity index (χ0n) is 22.7. The lowest BCUT2D eigenvalue weighted by Crippen LogP contribution is -2.46. The van der Waals surface area contributed by atoms with Gasteiger partial charge in [-0.3, -0.25) is 4.79 Å². The largest absolute Gasteiger partial charge is 0.497 e. The number of hydrogen-bond donors (Lipinski definition) is 1. The lowest BCUT2D eigenvalue weighted by atomic mass is 9.69. The van der Waals surface area contributed by atoms with Gasteiger partial charge in [0, 0.05) is 41.1 Å². The van der Waals surface area contributed by atoms with Gasteiger partial charge >= 0.3 is 0 Å². The van der Waals surface area contributed by atoms with Crippen LogP contribution in [0.5, 0.6) is 5.75 Å². The summed E-state index contributed by atoms with van der Waals surface area (Å²) in [6.07, 6.45) is 1.09. The second-order valence-electron chi connectivity index (χ2n) is 11.0.